The Morgan fingerprint density at radius 1 is 1.23 bits per heavy atom. The van der Waals surface area contributed by atoms with Crippen molar-refractivity contribution in [2.45, 2.75) is 38.1 Å². The summed E-state index contributed by atoms with van der Waals surface area (Å²) in [6.45, 7) is 5.03. The smallest absolute Gasteiger partial charge is 0.324 e. The average Bonchev–Trinajstić information content (AvgIpc) is 2.51. The fraction of sp³-hybridized carbons (Fsp3) is 0.467. The van der Waals surface area contributed by atoms with Crippen LogP contribution in [0.2, 0.25) is 0 Å². The number of rotatable bonds is 7. The molecule has 0 aliphatic heterocycles. The SMILES string of the molecule is CC[C@H](C)[C@@H](NS(=O)(=O)c1ccc(C(C)=O)cc1)C(=O)OC. The molecule has 6 nitrogen and oxygen atoms in total. The predicted molar refractivity (Wildman–Crippen MR) is 82.0 cm³/mol. The van der Waals surface area contributed by atoms with E-state index < -0.39 is 22.0 Å². The summed E-state index contributed by atoms with van der Waals surface area (Å²) in [5.74, 6) is -0.985. The Labute approximate surface area is 130 Å². The van der Waals surface area contributed by atoms with E-state index in [0.717, 1.165) is 0 Å². The highest BCUT2D eigenvalue weighted by Gasteiger charge is 2.30. The minimum Gasteiger partial charge on any atom is -0.468 e. The molecular weight excluding hydrogens is 306 g/mol. The lowest BCUT2D eigenvalue weighted by Gasteiger charge is -2.21. The molecule has 2 atom stereocenters. The van der Waals surface area contributed by atoms with Crippen molar-refractivity contribution in [2.24, 2.45) is 5.92 Å². The third-order valence-electron chi connectivity index (χ3n) is 3.52. The minimum atomic E-state index is -3.87. The fourth-order valence-electron chi connectivity index (χ4n) is 1.86. The molecule has 1 aromatic rings. The van der Waals surface area contributed by atoms with Gasteiger partial charge in [-0.2, -0.15) is 4.72 Å². The van der Waals surface area contributed by atoms with Crippen LogP contribution in [0.15, 0.2) is 29.2 Å². The zero-order valence-electron chi connectivity index (χ0n) is 13.1. The Bertz CT molecular complexity index is 636. The van der Waals surface area contributed by atoms with Gasteiger partial charge in [-0.3, -0.25) is 9.59 Å². The number of carbonyl (C=O) groups excluding carboxylic acids is 2. The highest BCUT2D eigenvalue weighted by molar-refractivity contribution is 7.89. The summed E-state index contributed by atoms with van der Waals surface area (Å²) in [4.78, 5) is 23.0. The van der Waals surface area contributed by atoms with Crippen LogP contribution in [-0.2, 0) is 19.6 Å². The van der Waals surface area contributed by atoms with Crippen LogP contribution in [0.4, 0.5) is 0 Å². The van der Waals surface area contributed by atoms with Crippen molar-refractivity contribution in [3.63, 3.8) is 0 Å². The molecule has 0 aromatic heterocycles. The normalized spacial score (nSPS) is 14.2. The van der Waals surface area contributed by atoms with Crippen LogP contribution in [-0.4, -0.2) is 33.3 Å². The van der Waals surface area contributed by atoms with E-state index in [1.54, 1.807) is 6.92 Å². The predicted octanol–water partition coefficient (Wildman–Crippen LogP) is 1.76. The molecule has 22 heavy (non-hydrogen) atoms. The largest absolute Gasteiger partial charge is 0.468 e. The molecule has 1 rings (SSSR count). The summed E-state index contributed by atoms with van der Waals surface area (Å²) >= 11 is 0. The van der Waals surface area contributed by atoms with Gasteiger partial charge >= 0.3 is 5.97 Å². The molecule has 122 valence electrons. The number of methoxy groups -OCH3 is 1. The number of hydrogen-bond donors (Lipinski definition) is 1. The number of ketones is 1. The van der Waals surface area contributed by atoms with Crippen molar-refractivity contribution in [3.05, 3.63) is 29.8 Å². The molecule has 0 aliphatic carbocycles. The fourth-order valence-corrected chi connectivity index (χ4v) is 3.16. The molecular formula is C15H21NO5S. The Morgan fingerprint density at radius 3 is 2.18 bits per heavy atom. The lowest BCUT2D eigenvalue weighted by Crippen LogP contribution is -2.45. The summed E-state index contributed by atoms with van der Waals surface area (Å²) in [6, 6.07) is 4.60. The molecule has 0 saturated heterocycles. The van der Waals surface area contributed by atoms with Crippen LogP contribution >= 0.6 is 0 Å². The van der Waals surface area contributed by atoms with Crippen LogP contribution in [0.25, 0.3) is 0 Å². The van der Waals surface area contributed by atoms with Crippen molar-refractivity contribution >= 4 is 21.8 Å². The van der Waals surface area contributed by atoms with Crippen molar-refractivity contribution in [3.8, 4) is 0 Å². The van der Waals surface area contributed by atoms with Crippen LogP contribution in [0, 0.1) is 5.92 Å². The van der Waals surface area contributed by atoms with Gasteiger partial charge in [-0.15, -0.1) is 0 Å². The van der Waals surface area contributed by atoms with Gasteiger partial charge in [0.25, 0.3) is 0 Å². The zero-order valence-corrected chi connectivity index (χ0v) is 13.9. The lowest BCUT2D eigenvalue weighted by atomic mass is 10.0. The molecule has 1 N–H and O–H groups in total. The van der Waals surface area contributed by atoms with E-state index in [2.05, 4.69) is 9.46 Å². The maximum Gasteiger partial charge on any atom is 0.324 e. The summed E-state index contributed by atoms with van der Waals surface area (Å²) in [6.07, 6.45) is 0.617. The first-order valence-electron chi connectivity index (χ1n) is 6.94. The second kappa shape index (κ2) is 7.51. The Morgan fingerprint density at radius 2 is 1.77 bits per heavy atom. The van der Waals surface area contributed by atoms with Crippen LogP contribution in [0.3, 0.4) is 0 Å². The molecule has 0 unspecified atom stereocenters. The van der Waals surface area contributed by atoms with Gasteiger partial charge in [0, 0.05) is 5.56 Å². The van der Waals surface area contributed by atoms with Gasteiger partial charge in [0.05, 0.1) is 12.0 Å². The van der Waals surface area contributed by atoms with E-state index in [4.69, 9.17) is 0 Å². The third kappa shape index (κ3) is 4.38. The molecule has 0 aliphatic rings. The van der Waals surface area contributed by atoms with E-state index in [-0.39, 0.29) is 16.6 Å². The van der Waals surface area contributed by atoms with Crippen molar-refractivity contribution < 1.29 is 22.7 Å². The molecule has 0 heterocycles. The summed E-state index contributed by atoms with van der Waals surface area (Å²) < 4.78 is 31.8. The number of benzene rings is 1. The number of esters is 1. The van der Waals surface area contributed by atoms with Crippen LogP contribution < -0.4 is 4.72 Å². The van der Waals surface area contributed by atoms with Gasteiger partial charge in [0.2, 0.25) is 10.0 Å². The molecule has 0 amide bonds. The maximum atomic E-state index is 12.4. The Kier molecular flexibility index (Phi) is 6.25. The number of Topliss-reactive ketones (excluding diaryl/α,β-unsaturated/α-hetero) is 1. The van der Waals surface area contributed by atoms with Gasteiger partial charge in [-0.25, -0.2) is 8.42 Å². The molecule has 7 heteroatoms. The molecule has 0 saturated carbocycles. The highest BCUT2D eigenvalue weighted by atomic mass is 32.2. The zero-order chi connectivity index (χ0) is 16.9. The number of nitrogens with one attached hydrogen (secondary N) is 1. The van der Waals surface area contributed by atoms with Gasteiger partial charge < -0.3 is 4.74 Å². The maximum absolute atomic E-state index is 12.4. The first-order chi connectivity index (χ1) is 10.2. The second-order valence-electron chi connectivity index (χ2n) is 5.09. The van der Waals surface area contributed by atoms with Gasteiger partial charge in [0.15, 0.2) is 5.78 Å². The van der Waals surface area contributed by atoms with Crippen molar-refractivity contribution in [2.75, 3.05) is 7.11 Å². The van der Waals surface area contributed by atoms with Crippen LogP contribution in [0.5, 0.6) is 0 Å². The second-order valence-corrected chi connectivity index (χ2v) is 6.80. The standard InChI is InChI=1S/C15H21NO5S/c1-5-10(2)14(15(18)21-4)16-22(19,20)13-8-6-12(7-9-13)11(3)17/h6-10,14,16H,5H2,1-4H3/t10-,14+/m0/s1. The molecule has 0 radical (unpaired) electrons. The summed E-state index contributed by atoms with van der Waals surface area (Å²) in [5, 5.41) is 0. The van der Waals surface area contributed by atoms with E-state index in [9.17, 15) is 18.0 Å². The molecule has 0 spiro atoms. The van der Waals surface area contributed by atoms with Gasteiger partial charge in [0.1, 0.15) is 6.04 Å². The Balaban J connectivity index is 3.06. The quantitative estimate of drug-likeness (QED) is 0.609. The first-order valence-corrected chi connectivity index (χ1v) is 8.42. The number of ether oxygens (including phenoxy) is 1. The topological polar surface area (TPSA) is 89.5 Å². The number of sulfonamides is 1. The lowest BCUT2D eigenvalue weighted by molar-refractivity contribution is -0.143. The average molecular weight is 327 g/mol. The Hall–Kier alpha value is -1.73. The monoisotopic (exact) mass is 327 g/mol. The van der Waals surface area contributed by atoms with Crippen molar-refractivity contribution in [1.29, 1.82) is 0 Å². The minimum absolute atomic E-state index is 0.00490. The number of carbonyl (C=O) groups is 2. The van der Waals surface area contributed by atoms with Gasteiger partial charge in [-0.1, -0.05) is 32.4 Å². The molecule has 0 fully saturated rings. The highest BCUT2D eigenvalue weighted by Crippen LogP contribution is 2.16. The summed E-state index contributed by atoms with van der Waals surface area (Å²) in [7, 11) is -2.66. The first kappa shape index (κ1) is 18.3. The van der Waals surface area contributed by atoms with Gasteiger partial charge in [-0.05, 0) is 25.0 Å². The van der Waals surface area contributed by atoms with E-state index in [0.29, 0.717) is 12.0 Å². The van der Waals surface area contributed by atoms with E-state index in [1.165, 1.54) is 38.3 Å². The summed E-state index contributed by atoms with van der Waals surface area (Å²) in [5.41, 5.74) is 0.422. The van der Waals surface area contributed by atoms with Crippen molar-refractivity contribution in [1.82, 2.24) is 4.72 Å². The van der Waals surface area contributed by atoms with E-state index >= 15 is 0 Å². The molecule has 0 bridgehead atoms. The third-order valence-corrected chi connectivity index (χ3v) is 4.98. The molecule has 1 aromatic carbocycles. The van der Waals surface area contributed by atoms with E-state index in [1.807, 2.05) is 6.92 Å². The number of hydrogen-bond acceptors (Lipinski definition) is 5. The van der Waals surface area contributed by atoms with Crippen LogP contribution in [0.1, 0.15) is 37.6 Å².